The number of nitrogens with zero attached hydrogens (tertiary/aromatic N) is 1. The van der Waals surface area contributed by atoms with Crippen molar-refractivity contribution >= 4 is 29.4 Å². The van der Waals surface area contributed by atoms with Gasteiger partial charge in [0.05, 0.1) is 12.7 Å². The lowest BCUT2D eigenvalue weighted by atomic mass is 9.96. The highest BCUT2D eigenvalue weighted by atomic mass is 16.5. The van der Waals surface area contributed by atoms with Crippen LogP contribution in [0.4, 0.5) is 0 Å². The van der Waals surface area contributed by atoms with Crippen molar-refractivity contribution in [2.24, 2.45) is 5.92 Å². The molecule has 1 aliphatic heterocycles. The third kappa shape index (κ3) is 4.34. The van der Waals surface area contributed by atoms with Crippen LogP contribution < -0.4 is 10.6 Å². The van der Waals surface area contributed by atoms with Crippen molar-refractivity contribution in [2.45, 2.75) is 38.5 Å². The van der Waals surface area contributed by atoms with Crippen molar-refractivity contribution in [3.05, 3.63) is 0 Å². The summed E-state index contributed by atoms with van der Waals surface area (Å²) in [5.41, 5.74) is 0. The molecule has 4 atom stereocenters. The van der Waals surface area contributed by atoms with E-state index in [1.165, 1.54) is 0 Å². The molecule has 24 heavy (non-hydrogen) atoms. The summed E-state index contributed by atoms with van der Waals surface area (Å²) < 4.78 is 7.48. The highest BCUT2D eigenvalue weighted by molar-refractivity contribution is 6.15. The second-order valence-corrected chi connectivity index (χ2v) is 5.28. The van der Waals surface area contributed by atoms with E-state index in [1.54, 1.807) is 0 Å². The maximum Gasteiger partial charge on any atom is 0.264 e. The molecule has 1 rings (SSSR count). The number of imide groups is 1. The molecular weight excluding hydrogens is 326 g/mol. The molecule has 1 aliphatic rings. The van der Waals surface area contributed by atoms with Gasteiger partial charge in [-0.25, -0.2) is 0 Å². The molecule has 134 valence electrons. The fourth-order valence-electron chi connectivity index (χ4n) is 2.13. The molecule has 0 radical (unpaired) electrons. The third-order valence-corrected chi connectivity index (χ3v) is 3.35. The van der Waals surface area contributed by atoms with Crippen LogP contribution >= 0.6 is 0 Å². The van der Waals surface area contributed by atoms with Gasteiger partial charge in [-0.05, 0) is 6.92 Å². The average molecular weight is 346 g/mol. The van der Waals surface area contributed by atoms with E-state index in [1.807, 2.05) is 5.32 Å². The molecule has 1 fully saturated rings. The molecule has 1 saturated heterocycles. The summed E-state index contributed by atoms with van der Waals surface area (Å²) in [6.07, 6.45) is -2.07. The summed E-state index contributed by atoms with van der Waals surface area (Å²) in [4.78, 5) is 58.5. The predicted molar refractivity (Wildman–Crippen MR) is 75.1 cm³/mol. The topological polar surface area (TPSA) is 173 Å². The largest absolute Gasteiger partial charge is 0.394 e. The highest BCUT2D eigenvalue weighted by Gasteiger charge is 2.45. The Morgan fingerprint density at radius 3 is 2.38 bits per heavy atom. The van der Waals surface area contributed by atoms with E-state index in [0.717, 1.165) is 13.8 Å². The van der Waals surface area contributed by atoms with E-state index in [2.05, 4.69) is 0 Å². The zero-order chi connectivity index (χ0) is 19.5. The fourth-order valence-corrected chi connectivity index (χ4v) is 2.13. The number of hydrogen-bond acceptors (Lipinski definition) is 8. The number of aliphatic hydroxyl groups excluding tert-OH is 2. The first-order valence-electron chi connectivity index (χ1n) is 7.45. The Morgan fingerprint density at radius 2 is 2.00 bits per heavy atom. The van der Waals surface area contributed by atoms with E-state index < -0.39 is 66.5 Å². The van der Waals surface area contributed by atoms with Gasteiger partial charge in [0.25, 0.3) is 11.8 Å². The Labute approximate surface area is 138 Å². The molecule has 4 amide bonds. The normalized spacial score (nSPS) is 21.8. The zero-order valence-electron chi connectivity index (χ0n) is 14.0. The van der Waals surface area contributed by atoms with E-state index in [0.29, 0.717) is 0 Å². The van der Waals surface area contributed by atoms with Crippen molar-refractivity contribution in [1.82, 2.24) is 15.7 Å². The first kappa shape index (κ1) is 18.0. The second kappa shape index (κ2) is 7.95. The fraction of sp³-hybridized carbons (Fsp3) is 0.615. The molecule has 1 unspecified atom stereocenters. The minimum atomic E-state index is -1.66. The molecule has 1 heterocycles. The van der Waals surface area contributed by atoms with Crippen LogP contribution in [0.2, 0.25) is 1.41 Å². The van der Waals surface area contributed by atoms with E-state index in [9.17, 15) is 34.2 Å². The summed E-state index contributed by atoms with van der Waals surface area (Å²) in [6.45, 7) is 1.20. The monoisotopic (exact) mass is 346 g/mol. The van der Waals surface area contributed by atoms with Crippen LogP contribution in [0.5, 0.6) is 0 Å². The number of aliphatic hydroxyl groups is 2. The number of Topliss-reactive ketones (excluding diaryl/α,β-unsaturated/α-hetero) is 1. The maximum atomic E-state index is 12.2. The van der Waals surface area contributed by atoms with E-state index in [-0.39, 0.29) is 10.4 Å². The van der Waals surface area contributed by atoms with Gasteiger partial charge in [0.15, 0.2) is 7.20 Å². The van der Waals surface area contributed by atoms with Gasteiger partial charge in [0.1, 0.15) is 18.0 Å². The molecule has 11 nitrogen and oxygen atoms in total. The first-order valence-corrected chi connectivity index (χ1v) is 7.00. The molecule has 0 aliphatic carbocycles. The molecule has 0 spiro atoms. The molecular formula is C13H19N3O8. The van der Waals surface area contributed by atoms with Crippen LogP contribution in [0.25, 0.3) is 0 Å². The molecule has 0 bridgehead atoms. The molecule has 11 heteroatoms. The van der Waals surface area contributed by atoms with Gasteiger partial charge in [-0.2, -0.15) is 5.06 Å². The Kier molecular flexibility index (Phi) is 5.95. The van der Waals surface area contributed by atoms with Gasteiger partial charge in [0, 0.05) is 13.3 Å². The lowest BCUT2D eigenvalue weighted by molar-refractivity contribution is -0.172. The summed E-state index contributed by atoms with van der Waals surface area (Å²) in [7, 11) is 0. The van der Waals surface area contributed by atoms with Gasteiger partial charge in [-0.1, -0.05) is 0 Å². The quantitative estimate of drug-likeness (QED) is 0.181. The van der Waals surface area contributed by atoms with E-state index >= 15 is 0 Å². The molecule has 0 aromatic heterocycles. The lowest BCUT2D eigenvalue weighted by Crippen LogP contribution is -2.57. The van der Waals surface area contributed by atoms with Crippen LogP contribution in [0, 0.1) is 5.92 Å². The summed E-state index contributed by atoms with van der Waals surface area (Å²) >= 11 is 0. The number of amides is 4. The van der Waals surface area contributed by atoms with Crippen LogP contribution in [-0.4, -0.2) is 74.7 Å². The molecule has 0 saturated carbocycles. The zero-order valence-corrected chi connectivity index (χ0v) is 13.0. The number of hydrogen-bond donors (Lipinski definition) is 5. The lowest BCUT2D eigenvalue weighted by Gasteiger charge is -2.24. The number of carbonyl (C=O) groups excluding carboxylic acids is 5. The predicted octanol–water partition coefficient (Wildman–Crippen LogP) is -3.32. The van der Waals surface area contributed by atoms with Gasteiger partial charge < -0.3 is 20.8 Å². The summed E-state index contributed by atoms with van der Waals surface area (Å²) in [6, 6.07) is -3.28. The standard InChI is InChI=1S/C13H19N3O8/c1-5(18)10(14-6(2)19)12(22)15-8(4-17)11(21)7-3-9(20)16(24)13(7)23/h5,7-8,10,17-18,24H,3-4H2,1-2H3,(H,14,19)(H,15,22)/t5-,7?,8+,10+/m1/s1/i/hD. The van der Waals surface area contributed by atoms with Crippen molar-refractivity contribution in [3.63, 3.8) is 0 Å². The average Bonchev–Trinajstić information content (AvgIpc) is 2.79. The van der Waals surface area contributed by atoms with Crippen LogP contribution in [0.1, 0.15) is 20.3 Å². The number of hydroxylamine groups is 2. The van der Waals surface area contributed by atoms with Crippen molar-refractivity contribution in [1.29, 1.82) is 0 Å². The van der Waals surface area contributed by atoms with Gasteiger partial charge in [-0.3, -0.25) is 29.2 Å². The minimum absolute atomic E-state index is 0.207. The van der Waals surface area contributed by atoms with Crippen LogP contribution in [-0.2, 0) is 24.0 Å². The number of ketones is 1. The van der Waals surface area contributed by atoms with Gasteiger partial charge >= 0.3 is 0 Å². The Hall–Kier alpha value is -2.37. The van der Waals surface area contributed by atoms with E-state index in [4.69, 9.17) is 6.62 Å². The summed E-state index contributed by atoms with van der Waals surface area (Å²) in [5.74, 6) is -6.72. The van der Waals surface area contributed by atoms with Gasteiger partial charge in [0.2, 0.25) is 11.8 Å². The van der Waals surface area contributed by atoms with Crippen LogP contribution in [0.3, 0.4) is 0 Å². The molecule has 0 aromatic carbocycles. The highest BCUT2D eigenvalue weighted by Crippen LogP contribution is 2.20. The smallest absolute Gasteiger partial charge is 0.264 e. The van der Waals surface area contributed by atoms with Crippen molar-refractivity contribution in [3.8, 4) is 0 Å². The Balaban J connectivity index is 2.91. The van der Waals surface area contributed by atoms with Gasteiger partial charge in [-0.15, -0.1) is 0 Å². The van der Waals surface area contributed by atoms with Crippen LogP contribution in [0.15, 0.2) is 0 Å². The second-order valence-electron chi connectivity index (χ2n) is 5.28. The Morgan fingerprint density at radius 1 is 1.42 bits per heavy atom. The molecule has 5 N–H and O–H groups in total. The SMILES string of the molecule is [2H]N(C(C)=O)[C@H](C(=O)N[C@@H](CO)C(=O)C1CC(=O)N(O)C1=O)[C@@H](C)O. The third-order valence-electron chi connectivity index (χ3n) is 3.35. The van der Waals surface area contributed by atoms with Crippen molar-refractivity contribution < 1.29 is 40.8 Å². The maximum absolute atomic E-state index is 12.2. The number of carbonyl (C=O) groups is 5. The number of nitrogens with one attached hydrogen (secondary N) is 2. The summed E-state index contributed by atoms with van der Waals surface area (Å²) in [5, 5.41) is 30.1. The minimum Gasteiger partial charge on any atom is -0.394 e. The Bertz CT molecular complexity index is 596. The van der Waals surface area contributed by atoms with Crippen molar-refractivity contribution in [2.75, 3.05) is 6.61 Å². The molecule has 0 aromatic rings. The number of rotatable bonds is 7. The first-order chi connectivity index (χ1) is 11.5.